The van der Waals surface area contributed by atoms with Crippen molar-refractivity contribution in [3.8, 4) is 0 Å². The minimum absolute atomic E-state index is 0.122. The van der Waals surface area contributed by atoms with Crippen LogP contribution in [-0.4, -0.2) is 9.02 Å². The first kappa shape index (κ1) is 10.2. The van der Waals surface area contributed by atoms with Gasteiger partial charge in [0.05, 0.1) is 0 Å². The van der Waals surface area contributed by atoms with E-state index in [1.165, 1.54) is 0 Å². The van der Waals surface area contributed by atoms with Crippen molar-refractivity contribution < 1.29 is 4.79 Å². The van der Waals surface area contributed by atoms with Crippen LogP contribution in [0.1, 0.15) is 33.6 Å². The Bertz CT molecular complexity index is 283. The third kappa shape index (κ3) is 0.909. The lowest BCUT2D eigenvalue weighted by Crippen LogP contribution is -2.36. The molecule has 0 aromatic carbocycles. The lowest BCUT2D eigenvalue weighted by atomic mass is 9.70. The van der Waals surface area contributed by atoms with Gasteiger partial charge in [0, 0.05) is 5.41 Å². The van der Waals surface area contributed by atoms with Gasteiger partial charge in [0.2, 0.25) is 0 Å². The van der Waals surface area contributed by atoms with Crippen LogP contribution in [0, 0.1) is 16.7 Å². The summed E-state index contributed by atoms with van der Waals surface area (Å²) in [6.45, 7) is 6.54. The van der Waals surface area contributed by atoms with Crippen LogP contribution < -0.4 is 0 Å². The Morgan fingerprint density at radius 1 is 1.31 bits per heavy atom. The van der Waals surface area contributed by atoms with Gasteiger partial charge in [-0.1, -0.05) is 52.6 Å². The van der Waals surface area contributed by atoms with Gasteiger partial charge in [0.25, 0.3) is 0 Å². The number of halogens is 2. The minimum Gasteiger partial charge on any atom is -0.296 e. The molecule has 0 aromatic heterocycles. The molecule has 2 saturated carbocycles. The summed E-state index contributed by atoms with van der Waals surface area (Å²) in [5.74, 6) is 0.763. The third-order valence-electron chi connectivity index (χ3n) is 4.47. The van der Waals surface area contributed by atoms with Gasteiger partial charge in [-0.3, -0.25) is 4.79 Å². The summed E-state index contributed by atoms with van der Waals surface area (Å²) in [5.41, 5.74) is -0.0122. The Morgan fingerprint density at radius 3 is 2.08 bits per heavy atom. The third-order valence-corrected chi connectivity index (χ3v) is 6.29. The lowest BCUT2D eigenvalue weighted by molar-refractivity contribution is -0.128. The maximum Gasteiger partial charge on any atom is 0.166 e. The van der Waals surface area contributed by atoms with Crippen molar-refractivity contribution in [3.63, 3.8) is 0 Å². The highest BCUT2D eigenvalue weighted by atomic mass is 79.9. The van der Waals surface area contributed by atoms with Crippen LogP contribution in [0.15, 0.2) is 0 Å². The highest BCUT2D eigenvalue weighted by Gasteiger charge is 2.71. The van der Waals surface area contributed by atoms with Gasteiger partial charge in [-0.05, 0) is 24.2 Å². The summed E-state index contributed by atoms with van der Waals surface area (Å²) in [7, 11) is 0. The Kier molecular flexibility index (Phi) is 1.88. The molecular formula is C10H14Br2O. The molecular weight excluding hydrogens is 296 g/mol. The van der Waals surface area contributed by atoms with Crippen LogP contribution in [0.5, 0.6) is 0 Å². The largest absolute Gasteiger partial charge is 0.296 e. The zero-order valence-electron chi connectivity index (χ0n) is 8.16. The molecule has 2 rings (SSSR count). The van der Waals surface area contributed by atoms with E-state index in [-0.39, 0.29) is 10.8 Å². The monoisotopic (exact) mass is 308 g/mol. The van der Waals surface area contributed by atoms with E-state index in [0.29, 0.717) is 11.7 Å². The molecule has 3 heteroatoms. The first-order chi connectivity index (χ1) is 5.74. The zero-order chi connectivity index (χ0) is 10.1. The van der Waals surface area contributed by atoms with Crippen molar-refractivity contribution in [2.75, 3.05) is 0 Å². The van der Waals surface area contributed by atoms with Crippen molar-refractivity contribution >= 4 is 37.6 Å². The maximum absolute atomic E-state index is 12.1. The van der Waals surface area contributed by atoms with Crippen LogP contribution >= 0.6 is 31.9 Å². The second-order valence-electron chi connectivity index (χ2n) is 5.10. The van der Waals surface area contributed by atoms with Crippen molar-refractivity contribution in [1.29, 1.82) is 0 Å². The Morgan fingerprint density at radius 2 is 1.85 bits per heavy atom. The Balaban J connectivity index is 2.58. The summed E-state index contributed by atoms with van der Waals surface area (Å²) in [5, 5.41) is 0. The van der Waals surface area contributed by atoms with Crippen LogP contribution in [-0.2, 0) is 4.79 Å². The molecule has 1 nitrogen and oxygen atoms in total. The molecule has 74 valence electrons. The van der Waals surface area contributed by atoms with E-state index in [2.05, 4.69) is 52.6 Å². The first-order valence-corrected chi connectivity index (χ1v) is 6.26. The van der Waals surface area contributed by atoms with Gasteiger partial charge in [0.1, 0.15) is 3.23 Å². The standard InChI is InChI=1S/C10H14Br2O/c1-8(2)6-4-5-9(8,3)7(13)10(6,11)12/h6H,4-5H2,1-3H3/t6-,9+/m0/s1. The number of Topliss-reactive ketones (excluding diaryl/α,β-unsaturated/α-hetero) is 1. The summed E-state index contributed by atoms with van der Waals surface area (Å²) in [6.07, 6.45) is 2.19. The summed E-state index contributed by atoms with van der Waals surface area (Å²) >= 11 is 7.09. The average Bonchev–Trinajstić information content (AvgIpc) is 2.26. The van der Waals surface area contributed by atoms with Crippen molar-refractivity contribution in [1.82, 2.24) is 0 Å². The smallest absolute Gasteiger partial charge is 0.166 e. The van der Waals surface area contributed by atoms with E-state index in [4.69, 9.17) is 0 Å². The minimum atomic E-state index is -0.448. The molecule has 0 unspecified atom stereocenters. The predicted molar refractivity (Wildman–Crippen MR) is 60.2 cm³/mol. The fraction of sp³-hybridized carbons (Fsp3) is 0.900. The van der Waals surface area contributed by atoms with E-state index in [0.717, 1.165) is 12.8 Å². The van der Waals surface area contributed by atoms with E-state index in [1.807, 2.05) is 0 Å². The van der Waals surface area contributed by atoms with Crippen LogP contribution in [0.4, 0.5) is 0 Å². The van der Waals surface area contributed by atoms with Crippen molar-refractivity contribution in [2.24, 2.45) is 16.7 Å². The number of rotatable bonds is 0. The number of fused-ring (bicyclic) bond motifs is 2. The Hall–Kier alpha value is 0.630. The number of ketones is 1. The molecule has 0 aliphatic heterocycles. The van der Waals surface area contributed by atoms with E-state index >= 15 is 0 Å². The van der Waals surface area contributed by atoms with E-state index in [1.54, 1.807) is 0 Å². The van der Waals surface area contributed by atoms with Gasteiger partial charge in [-0.25, -0.2) is 0 Å². The number of carbonyl (C=O) groups excluding carboxylic acids is 1. The molecule has 13 heavy (non-hydrogen) atoms. The van der Waals surface area contributed by atoms with Gasteiger partial charge in [0.15, 0.2) is 5.78 Å². The summed E-state index contributed by atoms with van der Waals surface area (Å²) < 4.78 is -0.448. The number of hydrogen-bond donors (Lipinski definition) is 0. The molecule has 0 amide bonds. The van der Waals surface area contributed by atoms with E-state index < -0.39 is 3.23 Å². The van der Waals surface area contributed by atoms with Crippen molar-refractivity contribution in [3.05, 3.63) is 0 Å². The number of alkyl halides is 2. The molecule has 2 atom stereocenters. The molecule has 2 aliphatic carbocycles. The first-order valence-electron chi connectivity index (χ1n) is 4.67. The lowest BCUT2D eigenvalue weighted by Gasteiger charge is -2.31. The molecule has 0 radical (unpaired) electrons. The number of hydrogen-bond acceptors (Lipinski definition) is 1. The summed E-state index contributed by atoms with van der Waals surface area (Å²) in [4.78, 5) is 12.1. The molecule has 0 saturated heterocycles. The highest BCUT2D eigenvalue weighted by Crippen LogP contribution is 2.70. The molecule has 0 spiro atoms. The van der Waals surface area contributed by atoms with Gasteiger partial charge in [-0.2, -0.15) is 0 Å². The highest BCUT2D eigenvalue weighted by molar-refractivity contribution is 9.26. The average molecular weight is 310 g/mol. The maximum atomic E-state index is 12.1. The topological polar surface area (TPSA) is 17.1 Å². The van der Waals surface area contributed by atoms with Crippen molar-refractivity contribution in [2.45, 2.75) is 36.8 Å². The van der Waals surface area contributed by atoms with Crippen LogP contribution in [0.25, 0.3) is 0 Å². The molecule has 2 aliphatic rings. The molecule has 0 heterocycles. The molecule has 0 aromatic rings. The van der Waals surface area contributed by atoms with E-state index in [9.17, 15) is 4.79 Å². The molecule has 0 N–H and O–H groups in total. The predicted octanol–water partition coefficient (Wildman–Crippen LogP) is 3.50. The number of carbonyl (C=O) groups is 1. The van der Waals surface area contributed by atoms with Crippen LogP contribution in [0.3, 0.4) is 0 Å². The normalized spacial score (nSPS) is 45.6. The fourth-order valence-corrected chi connectivity index (χ4v) is 5.54. The zero-order valence-corrected chi connectivity index (χ0v) is 11.3. The van der Waals surface area contributed by atoms with Gasteiger partial charge >= 0.3 is 0 Å². The van der Waals surface area contributed by atoms with Gasteiger partial charge in [-0.15, -0.1) is 0 Å². The second-order valence-corrected chi connectivity index (χ2v) is 8.66. The SMILES string of the molecule is CC1(C)[C@@H]2CC[C@]1(C)C(=O)C2(Br)Br. The van der Waals surface area contributed by atoms with Gasteiger partial charge < -0.3 is 0 Å². The molecule has 2 bridgehead atoms. The Labute approximate surface area is 95.9 Å². The fourth-order valence-electron chi connectivity index (χ4n) is 3.07. The second kappa shape index (κ2) is 2.41. The summed E-state index contributed by atoms with van der Waals surface area (Å²) in [6, 6.07) is 0. The molecule has 2 fully saturated rings. The quantitative estimate of drug-likeness (QED) is 0.626. The van der Waals surface area contributed by atoms with Crippen LogP contribution in [0.2, 0.25) is 0 Å².